The van der Waals surface area contributed by atoms with Crippen LogP contribution in [-0.4, -0.2) is 12.0 Å². The van der Waals surface area contributed by atoms with Gasteiger partial charge in [0.05, 0.1) is 5.69 Å². The van der Waals surface area contributed by atoms with Gasteiger partial charge >= 0.3 is 0 Å². The number of pyridine rings is 1. The van der Waals surface area contributed by atoms with E-state index in [0.29, 0.717) is 12.4 Å². The third-order valence-corrected chi connectivity index (χ3v) is 2.66. The summed E-state index contributed by atoms with van der Waals surface area (Å²) in [5.74, 6) is -0.656. The maximum absolute atomic E-state index is 13.6. The molecule has 0 fully saturated rings. The van der Waals surface area contributed by atoms with Crippen molar-refractivity contribution in [3.05, 3.63) is 53.7 Å². The maximum Gasteiger partial charge on any atom is 0.149 e. The van der Waals surface area contributed by atoms with Gasteiger partial charge in [-0.1, -0.05) is 6.07 Å². The number of anilines is 2. The molecule has 0 saturated heterocycles. The Labute approximate surface area is 104 Å². The molecule has 0 saturated carbocycles. The van der Waals surface area contributed by atoms with Crippen LogP contribution in [0.5, 0.6) is 0 Å². The lowest BCUT2D eigenvalue weighted by molar-refractivity contribution is 0.583. The Kier molecular flexibility index (Phi) is 3.53. The molecule has 1 aromatic carbocycles. The Morgan fingerprint density at radius 2 is 2.00 bits per heavy atom. The zero-order valence-corrected chi connectivity index (χ0v) is 9.90. The summed E-state index contributed by atoms with van der Waals surface area (Å²) >= 11 is 0. The summed E-state index contributed by atoms with van der Waals surface area (Å²) in [6, 6.07) is 7.00. The molecule has 0 aliphatic carbocycles. The van der Waals surface area contributed by atoms with E-state index >= 15 is 0 Å². The fourth-order valence-electron chi connectivity index (χ4n) is 1.61. The molecule has 0 aliphatic heterocycles. The predicted octanol–water partition coefficient (Wildman–Crippen LogP) is 2.59. The fraction of sp³-hybridized carbons (Fsp3) is 0.154. The minimum atomic E-state index is -0.623. The van der Waals surface area contributed by atoms with Gasteiger partial charge in [-0.15, -0.1) is 0 Å². The van der Waals surface area contributed by atoms with Gasteiger partial charge in [0.25, 0.3) is 0 Å². The number of nitrogens with two attached hydrogens (primary N) is 1. The summed E-state index contributed by atoms with van der Waals surface area (Å²) < 4.78 is 26.4. The first kappa shape index (κ1) is 12.4. The molecule has 2 N–H and O–H groups in total. The van der Waals surface area contributed by atoms with E-state index in [9.17, 15) is 8.78 Å². The van der Waals surface area contributed by atoms with Gasteiger partial charge in [0, 0.05) is 25.9 Å². The van der Waals surface area contributed by atoms with Crippen molar-refractivity contribution in [1.82, 2.24) is 4.98 Å². The first-order valence-electron chi connectivity index (χ1n) is 5.45. The van der Waals surface area contributed by atoms with Crippen LogP contribution in [0, 0.1) is 11.6 Å². The van der Waals surface area contributed by atoms with Crippen molar-refractivity contribution in [3.8, 4) is 0 Å². The van der Waals surface area contributed by atoms with E-state index in [1.165, 1.54) is 12.1 Å². The number of benzene rings is 1. The number of hydrogen-bond acceptors (Lipinski definition) is 3. The van der Waals surface area contributed by atoms with Crippen LogP contribution in [0.4, 0.5) is 20.3 Å². The summed E-state index contributed by atoms with van der Waals surface area (Å²) in [5, 5.41) is 0. The second-order valence-corrected chi connectivity index (χ2v) is 3.88. The Balaban J connectivity index is 2.31. The topological polar surface area (TPSA) is 42.1 Å². The molecule has 0 bridgehead atoms. The van der Waals surface area contributed by atoms with E-state index in [1.807, 2.05) is 6.07 Å². The molecule has 1 aromatic heterocycles. The highest BCUT2D eigenvalue weighted by Crippen LogP contribution is 2.25. The first-order chi connectivity index (χ1) is 8.61. The van der Waals surface area contributed by atoms with Gasteiger partial charge < -0.3 is 10.6 Å². The van der Waals surface area contributed by atoms with Gasteiger partial charge in [0.2, 0.25) is 0 Å². The summed E-state index contributed by atoms with van der Waals surface area (Å²) in [4.78, 5) is 5.73. The molecule has 2 rings (SSSR count). The summed E-state index contributed by atoms with van der Waals surface area (Å²) in [7, 11) is 1.67. The van der Waals surface area contributed by atoms with Crippen LogP contribution in [-0.2, 0) is 6.54 Å². The van der Waals surface area contributed by atoms with Crippen LogP contribution in [0.15, 0.2) is 36.5 Å². The van der Waals surface area contributed by atoms with Crippen molar-refractivity contribution in [2.75, 3.05) is 11.9 Å². The highest BCUT2D eigenvalue weighted by molar-refractivity contribution is 5.59. The quantitative estimate of drug-likeness (QED) is 0.909. The van der Waals surface area contributed by atoms with E-state index in [-0.39, 0.29) is 5.69 Å². The van der Waals surface area contributed by atoms with Gasteiger partial charge in [-0.3, -0.25) is 0 Å². The molecular weight excluding hydrogens is 236 g/mol. The number of hydrogen-bond donors (Lipinski definition) is 1. The highest BCUT2D eigenvalue weighted by Gasteiger charge is 2.11. The minimum Gasteiger partial charge on any atom is -0.327 e. The number of halogens is 2. The Hall–Kier alpha value is -2.01. The Morgan fingerprint density at radius 1 is 1.22 bits per heavy atom. The summed E-state index contributed by atoms with van der Waals surface area (Å²) in [6.45, 7) is 0.405. The van der Waals surface area contributed by atoms with Crippen molar-refractivity contribution in [1.29, 1.82) is 0 Å². The lowest BCUT2D eigenvalue weighted by atomic mass is 10.2. The lowest BCUT2D eigenvalue weighted by Crippen LogP contribution is -2.13. The first-order valence-corrected chi connectivity index (χ1v) is 5.45. The van der Waals surface area contributed by atoms with Gasteiger partial charge in [0.1, 0.15) is 17.5 Å². The summed E-state index contributed by atoms with van der Waals surface area (Å²) in [5.41, 5.74) is 6.64. The fourth-order valence-corrected chi connectivity index (χ4v) is 1.61. The average Bonchev–Trinajstić information content (AvgIpc) is 2.38. The molecule has 18 heavy (non-hydrogen) atoms. The van der Waals surface area contributed by atoms with Crippen LogP contribution in [0.1, 0.15) is 5.56 Å². The van der Waals surface area contributed by atoms with Gasteiger partial charge in [-0.25, -0.2) is 13.8 Å². The molecule has 3 nitrogen and oxygen atoms in total. The van der Waals surface area contributed by atoms with Crippen LogP contribution >= 0.6 is 0 Å². The molecule has 2 aromatic rings. The van der Waals surface area contributed by atoms with Crippen molar-refractivity contribution in [2.24, 2.45) is 5.73 Å². The second-order valence-electron chi connectivity index (χ2n) is 3.88. The van der Waals surface area contributed by atoms with Crippen molar-refractivity contribution >= 4 is 11.5 Å². The number of rotatable bonds is 3. The normalized spacial score (nSPS) is 10.4. The SMILES string of the molecule is CN(c1ccc(CN)cn1)c1ccc(F)cc1F. The van der Waals surface area contributed by atoms with Gasteiger partial charge in [-0.05, 0) is 23.8 Å². The second kappa shape index (κ2) is 5.10. The number of aromatic nitrogens is 1. The number of nitrogens with zero attached hydrogens (tertiary/aromatic N) is 2. The third kappa shape index (κ3) is 2.46. The van der Waals surface area contributed by atoms with E-state index in [4.69, 9.17) is 5.73 Å². The molecule has 1 heterocycles. The largest absolute Gasteiger partial charge is 0.327 e. The zero-order chi connectivity index (χ0) is 13.1. The van der Waals surface area contributed by atoms with Crippen LogP contribution in [0.25, 0.3) is 0 Å². The Morgan fingerprint density at radius 3 is 2.56 bits per heavy atom. The predicted molar refractivity (Wildman–Crippen MR) is 66.5 cm³/mol. The zero-order valence-electron chi connectivity index (χ0n) is 9.90. The molecule has 0 aliphatic rings. The highest BCUT2D eigenvalue weighted by atomic mass is 19.1. The monoisotopic (exact) mass is 249 g/mol. The molecular formula is C13H13F2N3. The third-order valence-electron chi connectivity index (χ3n) is 2.66. The summed E-state index contributed by atoms with van der Waals surface area (Å²) in [6.07, 6.45) is 1.63. The molecule has 5 heteroatoms. The lowest BCUT2D eigenvalue weighted by Gasteiger charge is -2.19. The molecule has 0 amide bonds. The van der Waals surface area contributed by atoms with E-state index < -0.39 is 11.6 Å². The van der Waals surface area contributed by atoms with Crippen LogP contribution in [0.2, 0.25) is 0 Å². The van der Waals surface area contributed by atoms with E-state index in [0.717, 1.165) is 11.6 Å². The molecule has 0 unspecified atom stereocenters. The van der Waals surface area contributed by atoms with E-state index in [2.05, 4.69) is 4.98 Å². The molecule has 0 atom stereocenters. The molecule has 0 radical (unpaired) electrons. The van der Waals surface area contributed by atoms with E-state index in [1.54, 1.807) is 24.2 Å². The minimum absolute atomic E-state index is 0.268. The van der Waals surface area contributed by atoms with Crippen molar-refractivity contribution < 1.29 is 8.78 Å². The van der Waals surface area contributed by atoms with Gasteiger partial charge in [0.15, 0.2) is 0 Å². The molecule has 94 valence electrons. The average molecular weight is 249 g/mol. The molecule has 0 spiro atoms. The maximum atomic E-state index is 13.6. The van der Waals surface area contributed by atoms with Gasteiger partial charge in [-0.2, -0.15) is 0 Å². The Bertz CT molecular complexity index is 540. The van der Waals surface area contributed by atoms with Crippen molar-refractivity contribution in [3.63, 3.8) is 0 Å². The van der Waals surface area contributed by atoms with Crippen LogP contribution in [0.3, 0.4) is 0 Å². The van der Waals surface area contributed by atoms with Crippen LogP contribution < -0.4 is 10.6 Å². The smallest absolute Gasteiger partial charge is 0.149 e. The van der Waals surface area contributed by atoms with Crippen molar-refractivity contribution in [2.45, 2.75) is 6.54 Å². The standard InChI is InChI=1S/C13H13F2N3/c1-18(12-4-3-10(14)6-11(12)15)13-5-2-9(7-16)8-17-13/h2-6,8H,7,16H2,1H3.